The molecule has 7 heteroatoms. The van der Waals surface area contributed by atoms with E-state index in [0.29, 0.717) is 29.5 Å². The van der Waals surface area contributed by atoms with E-state index in [9.17, 15) is 9.59 Å². The standard InChI is InChI=1S/C17H26N2O5/c1-11(2)9-19(12(3)20)10-16(21)18-13-7-14(22-4)17(24-6)15(8-13)23-5/h7-8,11H,9-10H2,1-6H3,(H,18,21). The highest BCUT2D eigenvalue weighted by atomic mass is 16.5. The van der Waals surface area contributed by atoms with Crippen LogP contribution in [0.15, 0.2) is 12.1 Å². The molecule has 1 aromatic rings. The molecule has 1 aromatic carbocycles. The molecule has 0 heterocycles. The van der Waals surface area contributed by atoms with Crippen LogP contribution < -0.4 is 19.5 Å². The third kappa shape index (κ3) is 5.33. The number of amides is 2. The first-order valence-electron chi connectivity index (χ1n) is 7.67. The maximum Gasteiger partial charge on any atom is 0.244 e. The quantitative estimate of drug-likeness (QED) is 0.786. The Morgan fingerprint density at radius 3 is 2.00 bits per heavy atom. The molecule has 1 rings (SSSR count). The predicted octanol–water partition coefficient (Wildman–Crippen LogP) is 2.16. The predicted molar refractivity (Wildman–Crippen MR) is 91.8 cm³/mol. The molecule has 7 nitrogen and oxygen atoms in total. The minimum absolute atomic E-state index is 0.00975. The zero-order valence-electron chi connectivity index (χ0n) is 15.1. The second-order valence-corrected chi connectivity index (χ2v) is 5.76. The average Bonchev–Trinajstić information content (AvgIpc) is 2.52. The number of hydrogen-bond donors (Lipinski definition) is 1. The first-order valence-corrected chi connectivity index (χ1v) is 7.67. The van der Waals surface area contributed by atoms with E-state index in [1.54, 1.807) is 12.1 Å². The van der Waals surface area contributed by atoms with Crippen LogP contribution in [0.25, 0.3) is 0 Å². The molecular weight excluding hydrogens is 312 g/mol. The van der Waals surface area contributed by atoms with Crippen LogP contribution >= 0.6 is 0 Å². The molecule has 0 fully saturated rings. The van der Waals surface area contributed by atoms with E-state index in [-0.39, 0.29) is 24.3 Å². The molecule has 0 aliphatic carbocycles. The number of methoxy groups -OCH3 is 3. The van der Waals surface area contributed by atoms with Crippen LogP contribution in [-0.4, -0.2) is 51.1 Å². The van der Waals surface area contributed by atoms with Gasteiger partial charge in [0.05, 0.1) is 27.9 Å². The van der Waals surface area contributed by atoms with Crippen LogP contribution in [0.1, 0.15) is 20.8 Å². The molecule has 0 aromatic heterocycles. The summed E-state index contributed by atoms with van der Waals surface area (Å²) >= 11 is 0. The molecule has 0 bridgehead atoms. The molecule has 0 unspecified atom stereocenters. The monoisotopic (exact) mass is 338 g/mol. The lowest BCUT2D eigenvalue weighted by Crippen LogP contribution is -2.38. The minimum Gasteiger partial charge on any atom is -0.493 e. The fraction of sp³-hybridized carbons (Fsp3) is 0.529. The number of ether oxygens (including phenoxy) is 3. The summed E-state index contributed by atoms with van der Waals surface area (Å²) in [5, 5.41) is 2.75. The largest absolute Gasteiger partial charge is 0.493 e. The van der Waals surface area contributed by atoms with Crippen LogP contribution in [0.3, 0.4) is 0 Å². The van der Waals surface area contributed by atoms with Crippen molar-refractivity contribution >= 4 is 17.5 Å². The number of anilines is 1. The number of benzene rings is 1. The lowest BCUT2D eigenvalue weighted by atomic mass is 10.2. The van der Waals surface area contributed by atoms with Crippen LogP contribution in [0.2, 0.25) is 0 Å². The van der Waals surface area contributed by atoms with Gasteiger partial charge in [-0.2, -0.15) is 0 Å². The van der Waals surface area contributed by atoms with Crippen molar-refractivity contribution in [3.05, 3.63) is 12.1 Å². The summed E-state index contributed by atoms with van der Waals surface area (Å²) in [4.78, 5) is 25.4. The van der Waals surface area contributed by atoms with Gasteiger partial charge >= 0.3 is 0 Å². The van der Waals surface area contributed by atoms with Crippen LogP contribution in [-0.2, 0) is 9.59 Å². The molecule has 0 atom stereocenters. The zero-order chi connectivity index (χ0) is 18.3. The number of nitrogens with zero attached hydrogens (tertiary/aromatic N) is 1. The van der Waals surface area contributed by atoms with Crippen molar-refractivity contribution in [2.24, 2.45) is 5.92 Å². The molecule has 0 radical (unpaired) electrons. The average molecular weight is 338 g/mol. The smallest absolute Gasteiger partial charge is 0.244 e. The molecule has 24 heavy (non-hydrogen) atoms. The Hall–Kier alpha value is -2.44. The van der Waals surface area contributed by atoms with Gasteiger partial charge in [0.2, 0.25) is 17.6 Å². The fourth-order valence-electron chi connectivity index (χ4n) is 2.27. The molecule has 0 spiro atoms. The van der Waals surface area contributed by atoms with E-state index in [2.05, 4.69) is 5.32 Å². The van der Waals surface area contributed by atoms with Gasteiger partial charge in [-0.1, -0.05) is 13.8 Å². The Morgan fingerprint density at radius 1 is 1.08 bits per heavy atom. The molecule has 134 valence electrons. The molecular formula is C17H26N2O5. The summed E-state index contributed by atoms with van der Waals surface area (Å²) < 4.78 is 15.7. The molecule has 0 aliphatic heterocycles. The van der Waals surface area contributed by atoms with Gasteiger partial charge in [-0.05, 0) is 5.92 Å². The summed E-state index contributed by atoms with van der Waals surface area (Å²) in [6.07, 6.45) is 0. The van der Waals surface area contributed by atoms with Gasteiger partial charge < -0.3 is 24.4 Å². The Balaban J connectivity index is 2.91. The first-order chi connectivity index (χ1) is 11.3. The second kappa shape index (κ2) is 9.00. The van der Waals surface area contributed by atoms with Crippen LogP contribution in [0.4, 0.5) is 5.69 Å². The van der Waals surface area contributed by atoms with Crippen molar-refractivity contribution in [1.29, 1.82) is 0 Å². The van der Waals surface area contributed by atoms with Gasteiger partial charge in [0, 0.05) is 31.3 Å². The topological polar surface area (TPSA) is 77.1 Å². The minimum atomic E-state index is -0.292. The first kappa shape index (κ1) is 19.6. The second-order valence-electron chi connectivity index (χ2n) is 5.76. The van der Waals surface area contributed by atoms with Gasteiger partial charge in [-0.15, -0.1) is 0 Å². The third-order valence-corrected chi connectivity index (χ3v) is 3.31. The van der Waals surface area contributed by atoms with Crippen molar-refractivity contribution in [3.8, 4) is 17.2 Å². The summed E-state index contributed by atoms with van der Waals surface area (Å²) in [6, 6.07) is 3.28. The lowest BCUT2D eigenvalue weighted by Gasteiger charge is -2.22. The van der Waals surface area contributed by atoms with Gasteiger partial charge in [-0.3, -0.25) is 9.59 Å². The van der Waals surface area contributed by atoms with Crippen molar-refractivity contribution < 1.29 is 23.8 Å². The van der Waals surface area contributed by atoms with Crippen LogP contribution in [0, 0.1) is 5.92 Å². The number of nitrogens with one attached hydrogen (secondary N) is 1. The van der Waals surface area contributed by atoms with E-state index >= 15 is 0 Å². The van der Waals surface area contributed by atoms with Crippen molar-refractivity contribution in [2.45, 2.75) is 20.8 Å². The van der Waals surface area contributed by atoms with Crippen molar-refractivity contribution in [3.63, 3.8) is 0 Å². The van der Waals surface area contributed by atoms with Gasteiger partial charge in [-0.25, -0.2) is 0 Å². The number of carbonyl (C=O) groups excluding carboxylic acids is 2. The molecule has 0 aliphatic rings. The van der Waals surface area contributed by atoms with E-state index < -0.39 is 0 Å². The molecule has 2 amide bonds. The highest BCUT2D eigenvalue weighted by Crippen LogP contribution is 2.39. The number of carbonyl (C=O) groups is 2. The van der Waals surface area contributed by atoms with Gasteiger partial charge in [0.25, 0.3) is 0 Å². The van der Waals surface area contributed by atoms with E-state index in [4.69, 9.17) is 14.2 Å². The Labute approximate surface area is 142 Å². The fourth-order valence-corrected chi connectivity index (χ4v) is 2.27. The highest BCUT2D eigenvalue weighted by molar-refractivity contribution is 5.94. The number of hydrogen-bond acceptors (Lipinski definition) is 5. The number of rotatable bonds is 8. The van der Waals surface area contributed by atoms with Crippen molar-refractivity contribution in [1.82, 2.24) is 4.90 Å². The maximum atomic E-state index is 12.2. The van der Waals surface area contributed by atoms with Gasteiger partial charge in [0.1, 0.15) is 0 Å². The van der Waals surface area contributed by atoms with Crippen molar-refractivity contribution in [2.75, 3.05) is 39.7 Å². The lowest BCUT2D eigenvalue weighted by molar-refractivity contribution is -0.133. The van der Waals surface area contributed by atoms with Crippen LogP contribution in [0.5, 0.6) is 17.2 Å². The van der Waals surface area contributed by atoms with E-state index in [1.807, 2.05) is 13.8 Å². The molecule has 0 saturated heterocycles. The normalized spacial score (nSPS) is 10.3. The SMILES string of the molecule is COc1cc(NC(=O)CN(CC(C)C)C(C)=O)cc(OC)c1OC. The summed E-state index contributed by atoms with van der Waals surface area (Å²) in [5.74, 6) is 1.19. The third-order valence-electron chi connectivity index (χ3n) is 3.31. The van der Waals surface area contributed by atoms with E-state index in [1.165, 1.54) is 33.2 Å². The molecule has 1 N–H and O–H groups in total. The van der Waals surface area contributed by atoms with E-state index in [0.717, 1.165) is 0 Å². The molecule has 0 saturated carbocycles. The summed E-state index contributed by atoms with van der Waals surface area (Å²) in [6.45, 7) is 5.96. The Kier molecular flexibility index (Phi) is 7.35. The summed E-state index contributed by atoms with van der Waals surface area (Å²) in [7, 11) is 4.52. The van der Waals surface area contributed by atoms with Gasteiger partial charge in [0.15, 0.2) is 11.5 Å². The zero-order valence-corrected chi connectivity index (χ0v) is 15.1. The highest BCUT2D eigenvalue weighted by Gasteiger charge is 2.17. The Bertz CT molecular complexity index is 561. The Morgan fingerprint density at radius 2 is 1.62 bits per heavy atom. The summed E-state index contributed by atoms with van der Waals surface area (Å²) in [5.41, 5.74) is 0.502. The maximum absolute atomic E-state index is 12.2.